The summed E-state index contributed by atoms with van der Waals surface area (Å²) < 4.78 is 112. The second kappa shape index (κ2) is 11.8. The molecular weight excluding hydrogens is 636 g/mol. The molecule has 44 heavy (non-hydrogen) atoms. The van der Waals surface area contributed by atoms with Crippen LogP contribution < -0.4 is 5.32 Å². The van der Waals surface area contributed by atoms with Crippen molar-refractivity contribution in [2.24, 2.45) is 0 Å². The van der Waals surface area contributed by atoms with Crippen LogP contribution in [0, 0.1) is 11.6 Å². The van der Waals surface area contributed by atoms with Crippen molar-refractivity contribution >= 4 is 23.5 Å². The van der Waals surface area contributed by atoms with E-state index in [4.69, 9.17) is 16.1 Å². The molecule has 0 radical (unpaired) electrons. The van der Waals surface area contributed by atoms with Crippen LogP contribution in [0.25, 0.3) is 22.8 Å². The van der Waals surface area contributed by atoms with Gasteiger partial charge in [0, 0.05) is 11.1 Å². The van der Waals surface area contributed by atoms with Crippen LogP contribution in [0.5, 0.6) is 0 Å². The van der Waals surface area contributed by atoms with Gasteiger partial charge in [-0.15, -0.1) is 11.6 Å². The summed E-state index contributed by atoms with van der Waals surface area (Å²) in [6, 6.07) is 4.08. The van der Waals surface area contributed by atoms with Gasteiger partial charge < -0.3 is 14.4 Å². The molecule has 19 heteroatoms. The SMILES string of the molecule is CC1(C)NC(=O)N(Cc2nc(-c3ccc(F)c(C(F)(F)F)c3)no2)C1=O.Fc1ccc(-c2noc(CCl)n2)cc1C(F)(F)F. The highest BCUT2D eigenvalue weighted by atomic mass is 35.5. The van der Waals surface area contributed by atoms with E-state index in [1.54, 1.807) is 0 Å². The first-order valence-corrected chi connectivity index (χ1v) is 12.5. The van der Waals surface area contributed by atoms with Crippen molar-refractivity contribution in [3.05, 3.63) is 70.9 Å². The number of alkyl halides is 7. The molecule has 2 aromatic carbocycles. The van der Waals surface area contributed by atoms with Gasteiger partial charge in [0.25, 0.3) is 5.91 Å². The molecule has 2 aromatic heterocycles. The maximum Gasteiger partial charge on any atom is 0.419 e. The maximum absolute atomic E-state index is 13.3. The number of nitrogens with one attached hydrogen (secondary N) is 1. The Morgan fingerprint density at radius 1 is 0.818 bits per heavy atom. The van der Waals surface area contributed by atoms with E-state index < -0.39 is 52.6 Å². The minimum absolute atomic E-state index is 0.00356. The molecule has 4 aromatic rings. The molecule has 5 rings (SSSR count). The molecule has 0 unspecified atom stereocenters. The molecule has 1 aliphatic heterocycles. The Morgan fingerprint density at radius 3 is 1.66 bits per heavy atom. The monoisotopic (exact) mass is 652 g/mol. The lowest BCUT2D eigenvalue weighted by Crippen LogP contribution is -2.40. The summed E-state index contributed by atoms with van der Waals surface area (Å²) in [5.41, 5.74) is -4.04. The molecule has 0 saturated carbocycles. The highest BCUT2D eigenvalue weighted by Crippen LogP contribution is 2.35. The first kappa shape index (κ1) is 32.3. The van der Waals surface area contributed by atoms with Gasteiger partial charge in [0.1, 0.15) is 29.6 Å². The van der Waals surface area contributed by atoms with Crippen LogP contribution in [0.2, 0.25) is 0 Å². The summed E-state index contributed by atoms with van der Waals surface area (Å²) >= 11 is 5.42. The molecule has 1 saturated heterocycles. The van der Waals surface area contributed by atoms with Crippen molar-refractivity contribution in [2.75, 3.05) is 0 Å². The van der Waals surface area contributed by atoms with Crippen LogP contribution in [0.1, 0.15) is 36.8 Å². The Morgan fingerprint density at radius 2 is 1.27 bits per heavy atom. The Labute approximate surface area is 246 Å². The second-order valence-corrected chi connectivity index (χ2v) is 9.76. The number of carbonyl (C=O) groups excluding carboxylic acids is 2. The van der Waals surface area contributed by atoms with Crippen molar-refractivity contribution in [3.63, 3.8) is 0 Å². The fourth-order valence-electron chi connectivity index (χ4n) is 3.72. The van der Waals surface area contributed by atoms with Crippen molar-refractivity contribution in [1.82, 2.24) is 30.5 Å². The number of halogens is 9. The standard InChI is InChI=1S/C15H12F4N4O3.C10H5ClF4N2O/c1-14(2)12(24)23(13(25)21-14)6-10-20-11(22-26-10)7-3-4-9(16)8(5-7)15(17,18)19;11-4-8-16-9(17-18-8)5-1-2-7(12)6(3-5)10(13,14)15/h3-5H,6H2,1-2H3,(H,21,25);1-3H,4H2. The highest BCUT2D eigenvalue weighted by molar-refractivity contribution is 6.16. The van der Waals surface area contributed by atoms with Crippen LogP contribution in [-0.2, 0) is 29.6 Å². The van der Waals surface area contributed by atoms with Crippen molar-refractivity contribution < 1.29 is 53.8 Å². The van der Waals surface area contributed by atoms with Gasteiger partial charge in [0.05, 0.1) is 11.1 Å². The van der Waals surface area contributed by atoms with Gasteiger partial charge in [-0.3, -0.25) is 9.69 Å². The van der Waals surface area contributed by atoms with Crippen LogP contribution in [0.3, 0.4) is 0 Å². The number of hydrogen-bond donors (Lipinski definition) is 1. The van der Waals surface area contributed by atoms with Gasteiger partial charge in [-0.05, 0) is 50.2 Å². The topological polar surface area (TPSA) is 127 Å². The van der Waals surface area contributed by atoms with E-state index in [2.05, 4.69) is 30.1 Å². The molecular formula is C25H17ClF8N6O4. The number of urea groups is 1. The summed E-state index contributed by atoms with van der Waals surface area (Å²) in [5, 5.41) is 9.43. The predicted molar refractivity (Wildman–Crippen MR) is 132 cm³/mol. The zero-order chi connectivity index (χ0) is 32.6. The Bertz CT molecular complexity index is 1700. The van der Waals surface area contributed by atoms with E-state index in [0.717, 1.165) is 17.0 Å². The van der Waals surface area contributed by atoms with Crippen molar-refractivity contribution in [1.29, 1.82) is 0 Å². The average Bonchev–Trinajstić information content (AvgIpc) is 3.64. The third-order valence-electron chi connectivity index (χ3n) is 5.85. The van der Waals surface area contributed by atoms with Gasteiger partial charge in [-0.1, -0.05) is 10.3 Å². The number of benzene rings is 2. The average molecular weight is 653 g/mol. The van der Waals surface area contributed by atoms with Crippen molar-refractivity contribution in [2.45, 2.75) is 44.2 Å². The van der Waals surface area contributed by atoms with E-state index in [-0.39, 0.29) is 47.0 Å². The minimum Gasteiger partial charge on any atom is -0.338 e. The molecule has 234 valence electrons. The molecule has 0 spiro atoms. The van der Waals surface area contributed by atoms with Gasteiger partial charge in [-0.2, -0.15) is 36.3 Å². The zero-order valence-corrected chi connectivity index (χ0v) is 22.9. The summed E-state index contributed by atoms with van der Waals surface area (Å²) in [6.45, 7) is 2.70. The van der Waals surface area contributed by atoms with Gasteiger partial charge >= 0.3 is 18.4 Å². The number of amides is 3. The number of nitrogens with zero attached hydrogens (tertiary/aromatic N) is 5. The first-order valence-electron chi connectivity index (χ1n) is 12.0. The predicted octanol–water partition coefficient (Wildman–Crippen LogP) is 6.36. The number of rotatable bonds is 5. The molecule has 0 bridgehead atoms. The Hall–Kier alpha value is -4.61. The first-order chi connectivity index (χ1) is 20.4. The van der Waals surface area contributed by atoms with Crippen LogP contribution in [-0.4, -0.2) is 42.7 Å². The Balaban J connectivity index is 0.000000215. The molecule has 0 aliphatic carbocycles. The molecule has 10 nitrogen and oxygen atoms in total. The quantitative estimate of drug-likeness (QED) is 0.150. The molecule has 3 heterocycles. The fourth-order valence-corrected chi connectivity index (χ4v) is 3.83. The van der Waals surface area contributed by atoms with E-state index in [0.29, 0.717) is 24.3 Å². The Kier molecular flexibility index (Phi) is 8.68. The van der Waals surface area contributed by atoms with Crippen LogP contribution in [0.4, 0.5) is 39.9 Å². The van der Waals surface area contributed by atoms with Gasteiger partial charge in [-0.25, -0.2) is 13.6 Å². The van der Waals surface area contributed by atoms with Crippen molar-refractivity contribution in [3.8, 4) is 22.8 Å². The third kappa shape index (κ3) is 6.95. The molecule has 1 N–H and O–H groups in total. The van der Waals surface area contributed by atoms with Crippen LogP contribution >= 0.6 is 11.6 Å². The van der Waals surface area contributed by atoms with Gasteiger partial charge in [0.2, 0.25) is 23.4 Å². The van der Waals surface area contributed by atoms with Gasteiger partial charge in [0.15, 0.2) is 0 Å². The lowest BCUT2D eigenvalue weighted by molar-refractivity contribution is -0.140. The highest BCUT2D eigenvalue weighted by Gasteiger charge is 2.45. The lowest BCUT2D eigenvalue weighted by Gasteiger charge is -2.14. The van der Waals surface area contributed by atoms with E-state index in [1.807, 2.05) is 0 Å². The number of carbonyl (C=O) groups is 2. The van der Waals surface area contributed by atoms with E-state index >= 15 is 0 Å². The molecule has 0 atom stereocenters. The fraction of sp³-hybridized carbons (Fsp3) is 0.280. The summed E-state index contributed by atoms with van der Waals surface area (Å²) in [6.07, 6.45) is -9.66. The van der Waals surface area contributed by atoms with Crippen LogP contribution in [0.15, 0.2) is 45.4 Å². The summed E-state index contributed by atoms with van der Waals surface area (Å²) in [5.74, 6) is -3.72. The third-order valence-corrected chi connectivity index (χ3v) is 6.08. The van der Waals surface area contributed by atoms with E-state index in [9.17, 15) is 44.7 Å². The molecule has 1 aliphatic rings. The summed E-state index contributed by atoms with van der Waals surface area (Å²) in [4.78, 5) is 32.4. The smallest absolute Gasteiger partial charge is 0.338 e. The molecule has 1 fully saturated rings. The number of aromatic nitrogens is 4. The largest absolute Gasteiger partial charge is 0.419 e. The normalized spacial score (nSPS) is 14.8. The number of imide groups is 1. The second-order valence-electron chi connectivity index (χ2n) is 9.49. The number of hydrogen-bond acceptors (Lipinski definition) is 8. The lowest BCUT2D eigenvalue weighted by atomic mass is 10.1. The minimum atomic E-state index is -4.88. The van der Waals surface area contributed by atoms with E-state index in [1.165, 1.54) is 13.8 Å². The maximum atomic E-state index is 13.3. The molecule has 3 amide bonds. The zero-order valence-electron chi connectivity index (χ0n) is 22.1. The summed E-state index contributed by atoms with van der Waals surface area (Å²) in [7, 11) is 0.